The van der Waals surface area contributed by atoms with Gasteiger partial charge in [0.1, 0.15) is 0 Å². The maximum Gasteiger partial charge on any atom is 0.416 e. The number of nitrogens with zero attached hydrogens (tertiary/aromatic N) is 4. The number of carboxylic acid groups (broad SMARTS) is 1. The van der Waals surface area contributed by atoms with Gasteiger partial charge in [0.2, 0.25) is 5.91 Å². The molecule has 0 radical (unpaired) electrons. The van der Waals surface area contributed by atoms with Crippen molar-refractivity contribution < 1.29 is 32.7 Å². The van der Waals surface area contributed by atoms with Gasteiger partial charge in [-0.1, -0.05) is 12.1 Å². The Bertz CT molecular complexity index is 1330. The quantitative estimate of drug-likeness (QED) is 0.333. The van der Waals surface area contributed by atoms with Crippen molar-refractivity contribution in [3.63, 3.8) is 0 Å². The Morgan fingerprint density at radius 2 is 1.75 bits per heavy atom. The number of alkyl halides is 3. The molecule has 1 aliphatic heterocycles. The van der Waals surface area contributed by atoms with E-state index >= 15 is 0 Å². The SMILES string of the molecule is CN(C)c1ccc(C(=O)Nc2cnn(C3CCN(C(=O)/C=C/c4cccc(C(F)(F)F)c4)CC3)c2)cc1.O=CO. The summed E-state index contributed by atoms with van der Waals surface area (Å²) in [6, 6.07) is 12.2. The van der Waals surface area contributed by atoms with Crippen LogP contribution in [-0.2, 0) is 15.8 Å². The molecule has 2 heterocycles. The Kier molecular flexibility index (Phi) is 10.1. The van der Waals surface area contributed by atoms with Crippen molar-refractivity contribution in [2.24, 2.45) is 0 Å². The third-order valence-electron chi connectivity index (χ3n) is 6.29. The molecule has 40 heavy (non-hydrogen) atoms. The van der Waals surface area contributed by atoms with Crippen LogP contribution in [-0.4, -0.2) is 65.3 Å². The van der Waals surface area contributed by atoms with Crippen LogP contribution in [0, 0.1) is 0 Å². The van der Waals surface area contributed by atoms with E-state index in [4.69, 9.17) is 9.90 Å². The molecule has 2 N–H and O–H groups in total. The van der Waals surface area contributed by atoms with Gasteiger partial charge in [0, 0.05) is 50.7 Å². The van der Waals surface area contributed by atoms with E-state index in [2.05, 4.69) is 10.4 Å². The predicted octanol–water partition coefficient (Wildman–Crippen LogP) is 4.80. The van der Waals surface area contributed by atoms with Gasteiger partial charge in [-0.15, -0.1) is 0 Å². The first-order valence-corrected chi connectivity index (χ1v) is 12.4. The molecule has 0 saturated carbocycles. The van der Waals surface area contributed by atoms with Crippen LogP contribution < -0.4 is 10.2 Å². The minimum absolute atomic E-state index is 0.0709. The molecule has 4 rings (SSSR count). The molecule has 2 amide bonds. The highest BCUT2D eigenvalue weighted by Crippen LogP contribution is 2.30. The van der Waals surface area contributed by atoms with Crippen molar-refractivity contribution in [1.29, 1.82) is 0 Å². The molecule has 0 bridgehead atoms. The largest absolute Gasteiger partial charge is 0.483 e. The predicted molar refractivity (Wildman–Crippen MR) is 145 cm³/mol. The summed E-state index contributed by atoms with van der Waals surface area (Å²) in [5, 5.41) is 14.1. The third kappa shape index (κ3) is 8.19. The molecule has 12 heteroatoms. The van der Waals surface area contributed by atoms with Crippen molar-refractivity contribution in [1.82, 2.24) is 14.7 Å². The normalized spacial score (nSPS) is 13.9. The van der Waals surface area contributed by atoms with Gasteiger partial charge in [0.25, 0.3) is 12.4 Å². The van der Waals surface area contributed by atoms with E-state index < -0.39 is 11.7 Å². The molecule has 2 aromatic carbocycles. The number of benzene rings is 2. The van der Waals surface area contributed by atoms with Crippen LogP contribution in [0.15, 0.2) is 67.0 Å². The second-order valence-corrected chi connectivity index (χ2v) is 9.22. The van der Waals surface area contributed by atoms with E-state index in [1.54, 1.807) is 34.1 Å². The number of carbonyl (C=O) groups excluding carboxylic acids is 2. The van der Waals surface area contributed by atoms with Crippen LogP contribution >= 0.6 is 0 Å². The zero-order valence-electron chi connectivity index (χ0n) is 22.0. The second kappa shape index (κ2) is 13.5. The summed E-state index contributed by atoms with van der Waals surface area (Å²) in [5.41, 5.74) is 1.70. The van der Waals surface area contributed by atoms with E-state index in [0.29, 0.717) is 42.7 Å². The topological polar surface area (TPSA) is 108 Å². The Morgan fingerprint density at radius 3 is 2.35 bits per heavy atom. The van der Waals surface area contributed by atoms with Crippen molar-refractivity contribution in [3.05, 3.63) is 83.7 Å². The maximum atomic E-state index is 12.9. The van der Waals surface area contributed by atoms with Crippen molar-refractivity contribution in [2.75, 3.05) is 37.4 Å². The van der Waals surface area contributed by atoms with Gasteiger partial charge < -0.3 is 20.2 Å². The first-order valence-electron chi connectivity index (χ1n) is 12.4. The lowest BCUT2D eigenvalue weighted by atomic mass is 10.0. The van der Waals surface area contributed by atoms with Gasteiger partial charge in [0.15, 0.2) is 0 Å². The van der Waals surface area contributed by atoms with Crippen LogP contribution in [0.1, 0.15) is 40.4 Å². The van der Waals surface area contributed by atoms with Crippen molar-refractivity contribution in [3.8, 4) is 0 Å². The standard InChI is InChI=1S/C27H28F3N5O2.CH2O2/c1-33(2)23-9-7-20(8-10-23)26(37)32-22-17-31-35(18-22)24-12-14-34(15-13-24)25(36)11-6-19-4-3-5-21(16-19)27(28,29)30;2-1-3/h3-11,16-18,24H,12-15H2,1-2H3,(H,32,37);1H,(H,2,3)/b11-6+;. The molecule has 0 unspecified atom stereocenters. The number of hydrogen-bond acceptors (Lipinski definition) is 5. The molecule has 1 saturated heterocycles. The summed E-state index contributed by atoms with van der Waals surface area (Å²) in [4.78, 5) is 37.1. The van der Waals surface area contributed by atoms with E-state index in [9.17, 15) is 22.8 Å². The number of likely N-dealkylation sites (tertiary alicyclic amines) is 1. The molecular weight excluding hydrogens is 527 g/mol. The fourth-order valence-electron chi connectivity index (χ4n) is 4.16. The molecular formula is C28H30F3N5O4. The first kappa shape index (κ1) is 29.9. The van der Waals surface area contributed by atoms with Gasteiger partial charge in [-0.25, -0.2) is 0 Å². The highest BCUT2D eigenvalue weighted by molar-refractivity contribution is 6.04. The smallest absolute Gasteiger partial charge is 0.416 e. The minimum atomic E-state index is -4.43. The molecule has 1 fully saturated rings. The lowest BCUT2D eigenvalue weighted by molar-refractivity contribution is -0.137. The third-order valence-corrected chi connectivity index (χ3v) is 6.29. The molecule has 3 aromatic rings. The summed E-state index contributed by atoms with van der Waals surface area (Å²) >= 11 is 0. The number of aromatic nitrogens is 2. The molecule has 0 spiro atoms. The highest BCUT2D eigenvalue weighted by Gasteiger charge is 2.30. The maximum absolute atomic E-state index is 12.9. The van der Waals surface area contributed by atoms with E-state index in [1.807, 2.05) is 31.1 Å². The number of piperidine rings is 1. The summed E-state index contributed by atoms with van der Waals surface area (Å²) in [7, 11) is 3.86. The average molecular weight is 558 g/mol. The van der Waals surface area contributed by atoms with Crippen LogP contribution in [0.4, 0.5) is 24.5 Å². The summed E-state index contributed by atoms with van der Waals surface area (Å²) in [6.45, 7) is 0.742. The number of amides is 2. The molecule has 0 atom stereocenters. The zero-order valence-corrected chi connectivity index (χ0v) is 22.0. The van der Waals surface area contributed by atoms with Crippen molar-refractivity contribution >= 4 is 35.7 Å². The highest BCUT2D eigenvalue weighted by atomic mass is 19.4. The Hall–Kier alpha value is -4.61. The van der Waals surface area contributed by atoms with Gasteiger partial charge in [-0.05, 0) is 60.9 Å². The minimum Gasteiger partial charge on any atom is -0.483 e. The van der Waals surface area contributed by atoms with Crippen LogP contribution in [0.2, 0.25) is 0 Å². The lowest BCUT2D eigenvalue weighted by Crippen LogP contribution is -2.38. The lowest BCUT2D eigenvalue weighted by Gasteiger charge is -2.31. The Morgan fingerprint density at radius 1 is 1.10 bits per heavy atom. The summed E-state index contributed by atoms with van der Waals surface area (Å²) in [5.74, 6) is -0.470. The fourth-order valence-corrected chi connectivity index (χ4v) is 4.16. The molecule has 1 aliphatic rings. The van der Waals surface area contributed by atoms with Gasteiger partial charge in [0.05, 0.1) is 23.5 Å². The Balaban J connectivity index is 0.00000141. The summed E-state index contributed by atoms with van der Waals surface area (Å²) in [6.07, 6.45) is 3.00. The van der Waals surface area contributed by atoms with Crippen LogP contribution in [0.3, 0.4) is 0 Å². The summed E-state index contributed by atoms with van der Waals surface area (Å²) < 4.78 is 40.5. The van der Waals surface area contributed by atoms with E-state index in [1.165, 1.54) is 24.3 Å². The number of nitrogens with one attached hydrogen (secondary N) is 1. The number of anilines is 2. The fraction of sp³-hybridized carbons (Fsp3) is 0.286. The molecule has 9 nitrogen and oxygen atoms in total. The van der Waals surface area contributed by atoms with Crippen LogP contribution in [0.25, 0.3) is 6.08 Å². The van der Waals surface area contributed by atoms with Crippen LogP contribution in [0.5, 0.6) is 0 Å². The molecule has 0 aliphatic carbocycles. The second-order valence-electron chi connectivity index (χ2n) is 9.22. The van der Waals surface area contributed by atoms with Crippen molar-refractivity contribution in [2.45, 2.75) is 25.1 Å². The number of carbonyl (C=O) groups is 3. The Labute approximate surface area is 229 Å². The zero-order chi connectivity index (χ0) is 29.3. The monoisotopic (exact) mass is 557 g/mol. The van der Waals surface area contributed by atoms with E-state index in [-0.39, 0.29) is 24.3 Å². The van der Waals surface area contributed by atoms with Gasteiger partial charge in [-0.3, -0.25) is 19.1 Å². The average Bonchev–Trinajstić information content (AvgIpc) is 3.40. The number of halogens is 3. The molecule has 212 valence electrons. The van der Waals surface area contributed by atoms with Gasteiger partial charge in [-0.2, -0.15) is 18.3 Å². The van der Waals surface area contributed by atoms with Gasteiger partial charge >= 0.3 is 6.18 Å². The number of rotatable bonds is 6. The molecule has 1 aromatic heterocycles. The number of hydrogen-bond donors (Lipinski definition) is 2. The van der Waals surface area contributed by atoms with E-state index in [0.717, 1.165) is 17.8 Å². The first-order chi connectivity index (χ1) is 19.0.